The third-order valence-corrected chi connectivity index (χ3v) is 5.31. The van der Waals surface area contributed by atoms with Crippen LogP contribution in [-0.4, -0.2) is 12.6 Å². The molecule has 0 saturated heterocycles. The van der Waals surface area contributed by atoms with Crippen LogP contribution in [0.5, 0.6) is 5.75 Å². The van der Waals surface area contributed by atoms with Gasteiger partial charge in [-0.1, -0.05) is 94.9 Å². The van der Waals surface area contributed by atoms with Crippen LogP contribution in [0.25, 0.3) is 0 Å². The van der Waals surface area contributed by atoms with Gasteiger partial charge in [-0.2, -0.15) is 0 Å². The minimum absolute atomic E-state index is 0.305. The number of carboxylic acids is 1. The van der Waals surface area contributed by atoms with Gasteiger partial charge >= 0.3 is 0 Å². The normalized spacial score (nSPS) is 21.3. The van der Waals surface area contributed by atoms with Crippen LogP contribution < -0.4 is 9.84 Å². The molecule has 27 heavy (non-hydrogen) atoms. The van der Waals surface area contributed by atoms with E-state index in [0.717, 1.165) is 43.6 Å². The van der Waals surface area contributed by atoms with Gasteiger partial charge in [-0.25, -0.2) is 0 Å². The lowest BCUT2D eigenvalue weighted by molar-refractivity contribution is -0.308. The van der Waals surface area contributed by atoms with Crippen molar-refractivity contribution in [1.29, 1.82) is 0 Å². The largest absolute Gasteiger partial charge is 0.549 e. The number of benzene rings is 1. The molecule has 0 N–H and O–H groups in total. The summed E-state index contributed by atoms with van der Waals surface area (Å²) in [7, 11) is 0. The molecule has 0 radical (unpaired) electrons. The number of unbranched alkanes of at least 4 members (excludes halogenated alkanes) is 5. The first kappa shape index (κ1) is 21.3. The highest BCUT2D eigenvalue weighted by atomic mass is 16.5. The van der Waals surface area contributed by atoms with E-state index in [1.165, 1.54) is 25.7 Å². The monoisotopic (exact) mass is 369 g/mol. The molecule has 0 amide bonds. The van der Waals surface area contributed by atoms with Crippen molar-refractivity contribution in [1.82, 2.24) is 0 Å². The molecule has 0 spiro atoms. The number of carbonyl (C=O) groups excluding carboxylic acids is 1. The Hall–Kier alpha value is -2.03. The molecule has 0 aromatic heterocycles. The molecule has 1 aromatic rings. The number of ether oxygens (including phenoxy) is 1. The quantitative estimate of drug-likeness (QED) is 0.387. The standard InChI is InChI=1S/C24H34O3/c1-3-5-7-8-11-19-27-22-13-10-9-12-21(22)24(16-6-4-2)17-14-20(15-18-24)23(25)26/h9-10,12-15,17-18,20H,3-8,11,16,19H2,1-2H3,(H,25,26)/p-1. The molecule has 0 saturated carbocycles. The molecule has 3 nitrogen and oxygen atoms in total. The molecule has 2 rings (SSSR count). The second-order valence-electron chi connectivity index (χ2n) is 7.47. The molecule has 0 aliphatic heterocycles. The first-order chi connectivity index (χ1) is 13.1. The average Bonchev–Trinajstić information content (AvgIpc) is 2.69. The second-order valence-corrected chi connectivity index (χ2v) is 7.47. The fourth-order valence-corrected chi connectivity index (χ4v) is 3.64. The lowest BCUT2D eigenvalue weighted by Gasteiger charge is -2.33. The van der Waals surface area contributed by atoms with Gasteiger partial charge in [0.15, 0.2) is 0 Å². The lowest BCUT2D eigenvalue weighted by Crippen LogP contribution is -2.32. The molecule has 0 heterocycles. The highest BCUT2D eigenvalue weighted by Gasteiger charge is 2.31. The Balaban J connectivity index is 2.15. The number of hydrogen-bond donors (Lipinski definition) is 0. The Kier molecular flexibility index (Phi) is 8.63. The Morgan fingerprint density at radius 3 is 2.33 bits per heavy atom. The molecule has 1 aliphatic carbocycles. The zero-order chi connectivity index (χ0) is 19.5. The number of carbonyl (C=O) groups is 1. The molecule has 148 valence electrons. The second kappa shape index (κ2) is 11.0. The summed E-state index contributed by atoms with van der Waals surface area (Å²) in [5.74, 6) is -0.792. The van der Waals surface area contributed by atoms with Gasteiger partial charge in [0, 0.05) is 16.9 Å². The molecule has 3 heteroatoms. The zero-order valence-corrected chi connectivity index (χ0v) is 16.8. The van der Waals surface area contributed by atoms with E-state index in [2.05, 4.69) is 19.9 Å². The predicted octanol–water partition coefficient (Wildman–Crippen LogP) is 4.96. The minimum atomic E-state index is -1.05. The van der Waals surface area contributed by atoms with Gasteiger partial charge in [-0.05, 0) is 18.9 Å². The van der Waals surface area contributed by atoms with E-state index in [0.29, 0.717) is 0 Å². The first-order valence-corrected chi connectivity index (χ1v) is 10.4. The van der Waals surface area contributed by atoms with Gasteiger partial charge in [0.05, 0.1) is 12.6 Å². The van der Waals surface area contributed by atoms with Crippen molar-refractivity contribution in [2.75, 3.05) is 6.61 Å². The van der Waals surface area contributed by atoms with Crippen LogP contribution in [-0.2, 0) is 10.2 Å². The van der Waals surface area contributed by atoms with Crippen molar-refractivity contribution in [2.45, 2.75) is 70.6 Å². The van der Waals surface area contributed by atoms with Crippen molar-refractivity contribution in [3.63, 3.8) is 0 Å². The number of allylic oxidation sites excluding steroid dienone is 2. The number of carboxylic acid groups (broad SMARTS) is 1. The molecule has 0 unspecified atom stereocenters. The van der Waals surface area contributed by atoms with Crippen molar-refractivity contribution in [2.24, 2.45) is 5.92 Å². The van der Waals surface area contributed by atoms with E-state index in [1.54, 1.807) is 12.2 Å². The molecule has 1 aliphatic rings. The van der Waals surface area contributed by atoms with Crippen LogP contribution in [0.2, 0.25) is 0 Å². The first-order valence-electron chi connectivity index (χ1n) is 10.4. The average molecular weight is 370 g/mol. The summed E-state index contributed by atoms with van der Waals surface area (Å²) >= 11 is 0. The molecule has 0 atom stereocenters. The van der Waals surface area contributed by atoms with Gasteiger partial charge in [0.1, 0.15) is 5.75 Å². The lowest BCUT2D eigenvalue weighted by atomic mass is 9.72. The van der Waals surface area contributed by atoms with Crippen LogP contribution in [0.4, 0.5) is 0 Å². The Morgan fingerprint density at radius 1 is 1.00 bits per heavy atom. The maximum atomic E-state index is 11.2. The van der Waals surface area contributed by atoms with E-state index in [9.17, 15) is 9.90 Å². The Bertz CT molecular complexity index is 631. The van der Waals surface area contributed by atoms with Gasteiger partial charge < -0.3 is 14.6 Å². The van der Waals surface area contributed by atoms with E-state index in [-0.39, 0.29) is 5.41 Å². The van der Waals surface area contributed by atoms with Crippen molar-refractivity contribution >= 4 is 5.97 Å². The van der Waals surface area contributed by atoms with Crippen molar-refractivity contribution in [3.8, 4) is 5.75 Å². The fraction of sp³-hybridized carbons (Fsp3) is 0.542. The summed E-state index contributed by atoms with van der Waals surface area (Å²) in [6, 6.07) is 8.17. The molecule has 1 aromatic carbocycles. The fourth-order valence-electron chi connectivity index (χ4n) is 3.64. The summed E-state index contributed by atoms with van der Waals surface area (Å²) < 4.78 is 6.15. The Morgan fingerprint density at radius 2 is 1.67 bits per heavy atom. The van der Waals surface area contributed by atoms with Crippen LogP contribution in [0.1, 0.15) is 70.8 Å². The van der Waals surface area contributed by atoms with Crippen LogP contribution in [0, 0.1) is 5.92 Å². The SMILES string of the molecule is CCCCCCCOc1ccccc1C1(CCCC)C=CC(C(=O)[O-])C=C1. The molecule has 0 bridgehead atoms. The summed E-state index contributed by atoms with van der Waals surface area (Å²) in [5, 5.41) is 11.2. The topological polar surface area (TPSA) is 49.4 Å². The van der Waals surface area contributed by atoms with Gasteiger partial charge in [0.25, 0.3) is 0 Å². The van der Waals surface area contributed by atoms with Gasteiger partial charge in [0.2, 0.25) is 0 Å². The summed E-state index contributed by atoms with van der Waals surface area (Å²) in [4.78, 5) is 11.2. The van der Waals surface area contributed by atoms with E-state index < -0.39 is 11.9 Å². The summed E-state index contributed by atoms with van der Waals surface area (Å²) in [6.45, 7) is 5.12. The highest BCUT2D eigenvalue weighted by Crippen LogP contribution is 2.41. The van der Waals surface area contributed by atoms with Gasteiger partial charge in [-0.15, -0.1) is 0 Å². The van der Waals surface area contributed by atoms with Crippen LogP contribution >= 0.6 is 0 Å². The van der Waals surface area contributed by atoms with Gasteiger partial charge in [-0.3, -0.25) is 0 Å². The molecule has 0 fully saturated rings. The maximum absolute atomic E-state index is 11.2. The number of para-hydroxylation sites is 1. The van der Waals surface area contributed by atoms with Crippen LogP contribution in [0.15, 0.2) is 48.6 Å². The number of aliphatic carboxylic acids is 1. The number of rotatable bonds is 12. The highest BCUT2D eigenvalue weighted by molar-refractivity contribution is 5.73. The smallest absolute Gasteiger partial charge is 0.123 e. The third-order valence-electron chi connectivity index (χ3n) is 5.31. The van der Waals surface area contributed by atoms with Crippen molar-refractivity contribution < 1.29 is 14.6 Å². The molecular weight excluding hydrogens is 336 g/mol. The van der Waals surface area contributed by atoms with E-state index in [4.69, 9.17) is 4.74 Å². The number of hydrogen-bond acceptors (Lipinski definition) is 3. The predicted molar refractivity (Wildman–Crippen MR) is 109 cm³/mol. The minimum Gasteiger partial charge on any atom is -0.549 e. The van der Waals surface area contributed by atoms with E-state index in [1.807, 2.05) is 30.4 Å². The third kappa shape index (κ3) is 5.98. The van der Waals surface area contributed by atoms with Crippen LogP contribution in [0.3, 0.4) is 0 Å². The molecular formula is C24H33O3-. The Labute approximate surface area is 164 Å². The zero-order valence-electron chi connectivity index (χ0n) is 16.8. The maximum Gasteiger partial charge on any atom is 0.123 e. The summed E-state index contributed by atoms with van der Waals surface area (Å²) in [6.07, 6.45) is 16.7. The van der Waals surface area contributed by atoms with Crippen molar-refractivity contribution in [3.05, 3.63) is 54.1 Å². The van der Waals surface area contributed by atoms with E-state index >= 15 is 0 Å². The summed E-state index contributed by atoms with van der Waals surface area (Å²) in [5.41, 5.74) is 0.817.